The summed E-state index contributed by atoms with van der Waals surface area (Å²) < 4.78 is 12.9. The second-order valence-electron chi connectivity index (χ2n) is 5.35. The molecule has 3 nitrogen and oxygen atoms in total. The number of hydrogen-bond donors (Lipinski definition) is 2. The summed E-state index contributed by atoms with van der Waals surface area (Å²) in [6, 6.07) is 6.66. The van der Waals surface area contributed by atoms with Crippen LogP contribution < -0.4 is 10.2 Å². The van der Waals surface area contributed by atoms with Gasteiger partial charge in [0.2, 0.25) is 0 Å². The van der Waals surface area contributed by atoms with Crippen LogP contribution in [0, 0.1) is 5.82 Å². The maximum Gasteiger partial charge on any atom is 0.123 e. The van der Waals surface area contributed by atoms with Crippen LogP contribution in [0.4, 0.5) is 10.1 Å². The van der Waals surface area contributed by atoms with E-state index in [1.807, 2.05) is 32.7 Å². The van der Waals surface area contributed by atoms with Crippen LogP contribution in [0.2, 0.25) is 0 Å². The molecule has 0 aliphatic heterocycles. The van der Waals surface area contributed by atoms with Crippen LogP contribution in [0.15, 0.2) is 24.3 Å². The maximum atomic E-state index is 12.9. The fourth-order valence-corrected chi connectivity index (χ4v) is 2.15. The highest BCUT2D eigenvalue weighted by molar-refractivity contribution is 5.45. The fraction of sp³-hybridized carbons (Fsp3) is 0.571. The zero-order valence-electron chi connectivity index (χ0n) is 11.6. The molecule has 0 saturated carbocycles. The highest BCUT2D eigenvalue weighted by atomic mass is 19.1. The molecule has 1 atom stereocenters. The van der Waals surface area contributed by atoms with Crippen molar-refractivity contribution in [3.63, 3.8) is 0 Å². The lowest BCUT2D eigenvalue weighted by molar-refractivity contribution is 0.170. The molecule has 1 aromatic rings. The van der Waals surface area contributed by atoms with Gasteiger partial charge in [-0.3, -0.25) is 0 Å². The summed E-state index contributed by atoms with van der Waals surface area (Å²) in [4.78, 5) is 2.00. The van der Waals surface area contributed by atoms with Gasteiger partial charge >= 0.3 is 0 Å². The van der Waals surface area contributed by atoms with Gasteiger partial charge in [0.05, 0.1) is 12.1 Å². The number of benzene rings is 1. The number of nitrogens with one attached hydrogen (secondary N) is 1. The third-order valence-electron chi connectivity index (χ3n) is 2.84. The Bertz CT molecular complexity index is 367. The van der Waals surface area contributed by atoms with Gasteiger partial charge in [-0.25, -0.2) is 4.39 Å². The fourth-order valence-electron chi connectivity index (χ4n) is 2.15. The molecule has 0 heterocycles. The first-order chi connectivity index (χ1) is 8.36. The van der Waals surface area contributed by atoms with E-state index in [2.05, 4.69) is 5.32 Å². The number of aliphatic hydroxyl groups is 1. The van der Waals surface area contributed by atoms with Gasteiger partial charge in [-0.2, -0.15) is 0 Å². The number of likely N-dealkylation sites (N-methyl/N-ethyl adjacent to an activating group) is 1. The molecule has 0 aliphatic rings. The molecule has 0 aromatic heterocycles. The van der Waals surface area contributed by atoms with Crippen LogP contribution in [0.25, 0.3) is 0 Å². The second-order valence-corrected chi connectivity index (χ2v) is 5.35. The van der Waals surface area contributed by atoms with E-state index in [-0.39, 0.29) is 18.0 Å². The number of halogens is 1. The Balaban J connectivity index is 2.72. The van der Waals surface area contributed by atoms with E-state index in [9.17, 15) is 9.50 Å². The predicted molar refractivity (Wildman–Crippen MR) is 73.4 cm³/mol. The molecule has 0 spiro atoms. The Labute approximate surface area is 109 Å². The Morgan fingerprint density at radius 3 is 2.33 bits per heavy atom. The molecular weight excluding hydrogens is 231 g/mol. The van der Waals surface area contributed by atoms with Crippen LogP contribution in [0.3, 0.4) is 0 Å². The van der Waals surface area contributed by atoms with Crippen molar-refractivity contribution in [2.75, 3.05) is 25.1 Å². The summed E-state index contributed by atoms with van der Waals surface area (Å²) in [7, 11) is 1.93. The van der Waals surface area contributed by atoms with E-state index in [0.29, 0.717) is 12.6 Å². The summed E-state index contributed by atoms with van der Waals surface area (Å²) in [6.07, 6.45) is 0. The normalized spacial score (nSPS) is 14.6. The van der Waals surface area contributed by atoms with Crippen LogP contribution >= 0.6 is 0 Å². The first-order valence-electron chi connectivity index (χ1n) is 6.21. The van der Waals surface area contributed by atoms with Gasteiger partial charge in [-0.15, -0.1) is 0 Å². The number of nitrogens with zero attached hydrogens (tertiary/aromatic N) is 1. The van der Waals surface area contributed by atoms with Crippen molar-refractivity contribution in [2.24, 2.45) is 0 Å². The molecule has 4 heteroatoms. The highest BCUT2D eigenvalue weighted by Crippen LogP contribution is 2.16. The predicted octanol–water partition coefficient (Wildman–Crippen LogP) is 2.01. The molecule has 0 saturated heterocycles. The minimum atomic E-state index is -0.378. The molecule has 0 radical (unpaired) electrons. The number of aliphatic hydroxyl groups excluding tert-OH is 1. The van der Waals surface area contributed by atoms with E-state index in [1.165, 1.54) is 12.1 Å². The van der Waals surface area contributed by atoms with E-state index < -0.39 is 0 Å². The standard InChI is InChI=1S/C14H23FN2O/c1-11(2)16-14(3,10-18)9-17(4)13-7-5-12(15)6-8-13/h5-8,11,16,18H,9-10H2,1-4H3. The van der Waals surface area contributed by atoms with E-state index in [4.69, 9.17) is 0 Å². The highest BCUT2D eigenvalue weighted by Gasteiger charge is 2.25. The molecule has 1 unspecified atom stereocenters. The quantitative estimate of drug-likeness (QED) is 0.815. The smallest absolute Gasteiger partial charge is 0.123 e. The van der Waals surface area contributed by atoms with Crippen LogP contribution in [0.1, 0.15) is 20.8 Å². The lowest BCUT2D eigenvalue weighted by atomic mass is 10.0. The SMILES string of the molecule is CC(C)NC(C)(CO)CN(C)c1ccc(F)cc1. The van der Waals surface area contributed by atoms with Gasteiger partial charge < -0.3 is 15.3 Å². The van der Waals surface area contributed by atoms with Crippen LogP contribution in [-0.4, -0.2) is 36.9 Å². The summed E-state index contributed by atoms with van der Waals surface area (Å²) >= 11 is 0. The van der Waals surface area contributed by atoms with Gasteiger partial charge in [0.25, 0.3) is 0 Å². The minimum Gasteiger partial charge on any atom is -0.394 e. The van der Waals surface area contributed by atoms with Crippen molar-refractivity contribution in [1.29, 1.82) is 0 Å². The monoisotopic (exact) mass is 254 g/mol. The number of hydrogen-bond acceptors (Lipinski definition) is 3. The van der Waals surface area contributed by atoms with Crippen molar-refractivity contribution >= 4 is 5.69 Å². The van der Waals surface area contributed by atoms with Crippen LogP contribution in [0.5, 0.6) is 0 Å². The van der Waals surface area contributed by atoms with E-state index in [0.717, 1.165) is 5.69 Å². The van der Waals surface area contributed by atoms with E-state index >= 15 is 0 Å². The van der Waals surface area contributed by atoms with Gasteiger partial charge in [0, 0.05) is 25.3 Å². The lowest BCUT2D eigenvalue weighted by Gasteiger charge is -2.35. The molecule has 2 N–H and O–H groups in total. The summed E-state index contributed by atoms with van der Waals surface area (Å²) in [5, 5.41) is 12.9. The maximum absolute atomic E-state index is 12.9. The van der Waals surface area contributed by atoms with Crippen molar-refractivity contribution in [1.82, 2.24) is 5.32 Å². The van der Waals surface area contributed by atoms with Crippen molar-refractivity contribution in [2.45, 2.75) is 32.4 Å². The Morgan fingerprint density at radius 1 is 1.33 bits per heavy atom. The molecule has 1 aromatic carbocycles. The summed E-state index contributed by atoms with van der Waals surface area (Å²) in [6.45, 7) is 6.77. The summed E-state index contributed by atoms with van der Waals surface area (Å²) in [5.74, 6) is -0.239. The Hall–Kier alpha value is -1.13. The third kappa shape index (κ3) is 4.27. The van der Waals surface area contributed by atoms with Crippen LogP contribution in [-0.2, 0) is 0 Å². The topological polar surface area (TPSA) is 35.5 Å². The molecule has 18 heavy (non-hydrogen) atoms. The largest absolute Gasteiger partial charge is 0.394 e. The molecule has 1 rings (SSSR count). The van der Waals surface area contributed by atoms with E-state index in [1.54, 1.807) is 12.1 Å². The summed E-state index contributed by atoms with van der Waals surface area (Å²) in [5.41, 5.74) is 0.554. The Morgan fingerprint density at radius 2 is 1.89 bits per heavy atom. The van der Waals surface area contributed by atoms with Crippen molar-refractivity contribution in [3.8, 4) is 0 Å². The molecule has 0 bridgehead atoms. The average molecular weight is 254 g/mol. The third-order valence-corrected chi connectivity index (χ3v) is 2.84. The van der Waals surface area contributed by atoms with Gasteiger partial charge in [0.15, 0.2) is 0 Å². The number of anilines is 1. The average Bonchev–Trinajstić information content (AvgIpc) is 2.28. The Kier molecular flexibility index (Phi) is 5.11. The lowest BCUT2D eigenvalue weighted by Crippen LogP contribution is -2.55. The molecule has 0 amide bonds. The van der Waals surface area contributed by atoms with Crippen molar-refractivity contribution in [3.05, 3.63) is 30.1 Å². The minimum absolute atomic E-state index is 0.0523. The molecule has 102 valence electrons. The molecule has 0 aliphatic carbocycles. The first kappa shape index (κ1) is 14.9. The zero-order valence-corrected chi connectivity index (χ0v) is 11.6. The second kappa shape index (κ2) is 6.16. The first-order valence-corrected chi connectivity index (χ1v) is 6.21. The number of rotatable bonds is 6. The van der Waals surface area contributed by atoms with Gasteiger partial charge in [0.1, 0.15) is 5.82 Å². The van der Waals surface area contributed by atoms with Gasteiger partial charge in [-0.05, 0) is 31.2 Å². The van der Waals surface area contributed by atoms with Crippen molar-refractivity contribution < 1.29 is 9.50 Å². The molecular formula is C14H23FN2O. The molecule has 0 fully saturated rings. The zero-order chi connectivity index (χ0) is 13.8. The van der Waals surface area contributed by atoms with Gasteiger partial charge in [-0.1, -0.05) is 13.8 Å².